The summed E-state index contributed by atoms with van der Waals surface area (Å²) in [4.78, 5) is 27.6. The predicted molar refractivity (Wildman–Crippen MR) is 80.4 cm³/mol. The fraction of sp³-hybridized carbons (Fsp3) is 0.500. The summed E-state index contributed by atoms with van der Waals surface area (Å²) in [5, 5.41) is 0. The van der Waals surface area contributed by atoms with Gasteiger partial charge in [-0.2, -0.15) is 0 Å². The molecule has 0 bridgehead atoms. The summed E-state index contributed by atoms with van der Waals surface area (Å²) in [5.41, 5.74) is 1.09. The van der Waals surface area contributed by atoms with Crippen molar-refractivity contribution in [2.75, 3.05) is 25.2 Å². The average Bonchev–Trinajstić information content (AvgIpc) is 2.99. The lowest BCUT2D eigenvalue weighted by atomic mass is 9.92. The number of nitrogens with zero attached hydrogens (tertiary/aromatic N) is 2. The van der Waals surface area contributed by atoms with Gasteiger partial charge in [-0.15, -0.1) is 0 Å². The van der Waals surface area contributed by atoms with Crippen molar-refractivity contribution in [2.24, 2.45) is 0 Å². The van der Waals surface area contributed by atoms with Crippen molar-refractivity contribution >= 4 is 17.7 Å². The number of carbonyl (C=O) groups excluding carboxylic acids is 2. The van der Waals surface area contributed by atoms with Gasteiger partial charge < -0.3 is 9.47 Å². The van der Waals surface area contributed by atoms with Crippen LogP contribution in [0.25, 0.3) is 0 Å². The third kappa shape index (κ3) is 1.83. The highest BCUT2D eigenvalue weighted by Gasteiger charge is 2.61. The van der Waals surface area contributed by atoms with Crippen LogP contribution in [0.1, 0.15) is 25.8 Å². The van der Waals surface area contributed by atoms with Gasteiger partial charge in [0.1, 0.15) is 11.8 Å². The fourth-order valence-corrected chi connectivity index (χ4v) is 3.72. The Morgan fingerprint density at radius 1 is 1.36 bits per heavy atom. The molecule has 22 heavy (non-hydrogen) atoms. The van der Waals surface area contributed by atoms with Crippen LogP contribution in [-0.4, -0.2) is 43.3 Å². The Balaban J connectivity index is 2.17. The smallest absolute Gasteiger partial charge is 0.411 e. The van der Waals surface area contributed by atoms with Gasteiger partial charge in [0.15, 0.2) is 0 Å². The minimum atomic E-state index is -0.675. The Kier molecular flexibility index (Phi) is 3.56. The monoisotopic (exact) mass is 304 g/mol. The lowest BCUT2D eigenvalue weighted by molar-refractivity contribution is -0.120. The van der Waals surface area contributed by atoms with Gasteiger partial charge in [-0.05, 0) is 13.0 Å². The highest BCUT2D eigenvalue weighted by Crippen LogP contribution is 2.52. The number of anilines is 1. The number of hydrogen-bond acceptors (Lipinski definition) is 4. The number of hydrogen-bond donors (Lipinski definition) is 0. The summed E-state index contributed by atoms with van der Waals surface area (Å²) < 4.78 is 11.0. The number of carbonyl (C=O) groups is 2. The Labute approximate surface area is 129 Å². The molecule has 1 aromatic carbocycles. The topological polar surface area (TPSA) is 59.1 Å². The highest BCUT2D eigenvalue weighted by atomic mass is 16.5. The molecule has 0 unspecified atom stereocenters. The molecule has 1 fully saturated rings. The van der Waals surface area contributed by atoms with Crippen molar-refractivity contribution in [3.05, 3.63) is 29.8 Å². The lowest BCUT2D eigenvalue weighted by Crippen LogP contribution is -2.54. The first kappa shape index (κ1) is 14.8. The molecule has 0 spiro atoms. The molecule has 2 amide bonds. The van der Waals surface area contributed by atoms with Gasteiger partial charge >= 0.3 is 6.09 Å². The quantitative estimate of drug-likeness (QED) is 0.839. The van der Waals surface area contributed by atoms with E-state index in [0.29, 0.717) is 19.6 Å². The van der Waals surface area contributed by atoms with Crippen LogP contribution in [-0.2, 0) is 19.9 Å². The highest BCUT2D eigenvalue weighted by molar-refractivity contribution is 5.96. The molecule has 6 heteroatoms. The molecule has 0 saturated carbocycles. The Hall–Kier alpha value is -2.08. The first-order valence-corrected chi connectivity index (χ1v) is 7.44. The zero-order chi connectivity index (χ0) is 15.9. The molecule has 2 atom stereocenters. The van der Waals surface area contributed by atoms with E-state index in [-0.39, 0.29) is 5.91 Å². The van der Waals surface area contributed by atoms with Gasteiger partial charge in [0.05, 0.1) is 12.8 Å². The third-order valence-corrected chi connectivity index (χ3v) is 4.45. The van der Waals surface area contributed by atoms with Crippen LogP contribution in [0.4, 0.5) is 10.5 Å². The number of para-hydroxylation sites is 1. The van der Waals surface area contributed by atoms with E-state index in [2.05, 4.69) is 0 Å². The van der Waals surface area contributed by atoms with Crippen LogP contribution in [0.3, 0.4) is 0 Å². The maximum absolute atomic E-state index is 12.2. The van der Waals surface area contributed by atoms with Gasteiger partial charge in [0.25, 0.3) is 0 Å². The van der Waals surface area contributed by atoms with Gasteiger partial charge in [-0.3, -0.25) is 14.6 Å². The predicted octanol–water partition coefficient (Wildman–Crippen LogP) is 2.08. The normalized spacial score (nSPS) is 25.9. The molecule has 2 aliphatic heterocycles. The Morgan fingerprint density at radius 2 is 2.09 bits per heavy atom. The van der Waals surface area contributed by atoms with E-state index < -0.39 is 17.9 Å². The van der Waals surface area contributed by atoms with Gasteiger partial charge in [0, 0.05) is 32.1 Å². The van der Waals surface area contributed by atoms with Gasteiger partial charge in [-0.25, -0.2) is 4.79 Å². The van der Waals surface area contributed by atoms with E-state index in [1.807, 2.05) is 31.2 Å². The second-order valence-corrected chi connectivity index (χ2v) is 5.52. The van der Waals surface area contributed by atoms with Crippen LogP contribution in [0.15, 0.2) is 24.3 Å². The summed E-state index contributed by atoms with van der Waals surface area (Å²) in [7, 11) is 1.35. The molecule has 118 valence electrons. The van der Waals surface area contributed by atoms with Crippen LogP contribution >= 0.6 is 0 Å². The van der Waals surface area contributed by atoms with E-state index >= 15 is 0 Å². The number of ether oxygens (including phenoxy) is 2. The molecule has 0 N–H and O–H groups in total. The van der Waals surface area contributed by atoms with Crippen molar-refractivity contribution in [1.82, 2.24) is 4.90 Å². The maximum Gasteiger partial charge on any atom is 0.411 e. The number of methoxy groups -OCH3 is 1. The number of benzene rings is 1. The summed E-state index contributed by atoms with van der Waals surface area (Å²) in [5.74, 6) is -0.116. The SMILES string of the molecule is CCO[C@@]12CCN(C(=O)OC)[C@@H]1N(C(C)=O)c1ccccc12. The first-order chi connectivity index (χ1) is 10.6. The second-order valence-electron chi connectivity index (χ2n) is 5.52. The molecule has 0 aliphatic carbocycles. The zero-order valence-electron chi connectivity index (χ0n) is 13.0. The van der Waals surface area contributed by atoms with Crippen LogP contribution in [0.2, 0.25) is 0 Å². The van der Waals surface area contributed by atoms with Crippen LogP contribution in [0.5, 0.6) is 0 Å². The minimum absolute atomic E-state index is 0.116. The average molecular weight is 304 g/mol. The Morgan fingerprint density at radius 3 is 2.73 bits per heavy atom. The first-order valence-electron chi connectivity index (χ1n) is 7.44. The number of fused-ring (bicyclic) bond motifs is 3. The standard InChI is InChI=1S/C16H20N2O4/c1-4-22-16-9-10-17(15(20)21-3)14(16)18(11(2)19)13-8-6-5-7-12(13)16/h5-8,14H,4,9-10H2,1-3H3/t14-,16-/m1/s1. The summed E-state index contributed by atoms with van der Waals surface area (Å²) >= 11 is 0. The molecule has 1 saturated heterocycles. The van der Waals surface area contributed by atoms with E-state index in [4.69, 9.17) is 9.47 Å². The molecule has 6 nitrogen and oxygen atoms in total. The number of rotatable bonds is 2. The molecule has 3 rings (SSSR count). The third-order valence-electron chi connectivity index (χ3n) is 4.45. The maximum atomic E-state index is 12.2. The van der Waals surface area contributed by atoms with Crippen LogP contribution < -0.4 is 4.90 Å². The van der Waals surface area contributed by atoms with Gasteiger partial charge in [0.2, 0.25) is 5.91 Å². The largest absolute Gasteiger partial charge is 0.453 e. The van der Waals surface area contributed by atoms with Gasteiger partial charge in [-0.1, -0.05) is 18.2 Å². The van der Waals surface area contributed by atoms with E-state index in [9.17, 15) is 9.59 Å². The fourth-order valence-electron chi connectivity index (χ4n) is 3.72. The Bertz CT molecular complexity index is 618. The van der Waals surface area contributed by atoms with Crippen molar-refractivity contribution in [1.29, 1.82) is 0 Å². The molecular formula is C16H20N2O4. The molecule has 0 aromatic heterocycles. The van der Waals surface area contributed by atoms with Crippen molar-refractivity contribution < 1.29 is 19.1 Å². The van der Waals surface area contributed by atoms with E-state index in [1.165, 1.54) is 14.0 Å². The summed E-state index contributed by atoms with van der Waals surface area (Å²) in [6.45, 7) is 4.43. The second kappa shape index (κ2) is 5.28. The molecule has 2 aliphatic rings. The lowest BCUT2D eigenvalue weighted by Gasteiger charge is -2.35. The molecule has 0 radical (unpaired) electrons. The van der Waals surface area contributed by atoms with Crippen molar-refractivity contribution in [3.8, 4) is 0 Å². The van der Waals surface area contributed by atoms with Crippen molar-refractivity contribution in [3.63, 3.8) is 0 Å². The minimum Gasteiger partial charge on any atom is -0.453 e. The molecular weight excluding hydrogens is 284 g/mol. The van der Waals surface area contributed by atoms with E-state index in [0.717, 1.165) is 11.3 Å². The molecule has 1 aromatic rings. The number of amides is 2. The van der Waals surface area contributed by atoms with Crippen LogP contribution in [0, 0.1) is 0 Å². The zero-order valence-corrected chi connectivity index (χ0v) is 13.0. The molecule has 2 heterocycles. The van der Waals surface area contributed by atoms with Crippen molar-refractivity contribution in [2.45, 2.75) is 32.0 Å². The summed E-state index contributed by atoms with van der Waals surface area (Å²) in [6, 6.07) is 7.69. The number of likely N-dealkylation sites (tertiary alicyclic amines) is 1. The summed E-state index contributed by atoms with van der Waals surface area (Å²) in [6.07, 6.45) is -0.290. The van der Waals surface area contributed by atoms with E-state index in [1.54, 1.807) is 9.80 Å².